The number of benzene rings is 1. The number of nitriles is 1. The van der Waals surface area contributed by atoms with Crippen molar-refractivity contribution in [2.24, 2.45) is 0 Å². The molecule has 2 aliphatic rings. The number of hydrogen-bond acceptors (Lipinski definition) is 5. The second-order valence-electron chi connectivity index (χ2n) is 6.19. The smallest absolute Gasteiger partial charge is 0.262 e. The first kappa shape index (κ1) is 17.2. The predicted octanol–water partition coefficient (Wildman–Crippen LogP) is 1.60. The van der Waals surface area contributed by atoms with Gasteiger partial charge in [-0.2, -0.15) is 5.26 Å². The van der Waals surface area contributed by atoms with Crippen LogP contribution >= 0.6 is 0 Å². The Bertz CT molecular complexity index is 909. The summed E-state index contributed by atoms with van der Waals surface area (Å²) in [6, 6.07) is 8.97. The van der Waals surface area contributed by atoms with Crippen LogP contribution < -0.4 is 10.1 Å². The van der Waals surface area contributed by atoms with Crippen molar-refractivity contribution < 1.29 is 17.9 Å². The van der Waals surface area contributed by atoms with Gasteiger partial charge in [-0.25, -0.2) is 8.42 Å². The first-order valence-electron chi connectivity index (χ1n) is 7.98. The summed E-state index contributed by atoms with van der Waals surface area (Å²) in [7, 11) is -3.09. The van der Waals surface area contributed by atoms with Crippen LogP contribution in [0, 0.1) is 11.3 Å². The summed E-state index contributed by atoms with van der Waals surface area (Å²) < 4.78 is 28.8. The van der Waals surface area contributed by atoms with Gasteiger partial charge in [0.25, 0.3) is 5.91 Å². The van der Waals surface area contributed by atoms with Crippen molar-refractivity contribution in [1.29, 1.82) is 5.26 Å². The van der Waals surface area contributed by atoms with E-state index in [0.29, 0.717) is 12.0 Å². The number of para-hydroxylation sites is 1. The molecule has 1 saturated heterocycles. The number of rotatable bonds is 3. The van der Waals surface area contributed by atoms with E-state index in [1.54, 1.807) is 0 Å². The second kappa shape index (κ2) is 6.73. The van der Waals surface area contributed by atoms with Gasteiger partial charge in [0.15, 0.2) is 9.84 Å². The van der Waals surface area contributed by atoms with Crippen molar-refractivity contribution in [3.63, 3.8) is 0 Å². The molecule has 0 aromatic heterocycles. The zero-order valence-electron chi connectivity index (χ0n) is 13.7. The molecule has 2 unspecified atom stereocenters. The van der Waals surface area contributed by atoms with Gasteiger partial charge >= 0.3 is 0 Å². The summed E-state index contributed by atoms with van der Waals surface area (Å²) in [6.45, 7) is 1.84. The first-order chi connectivity index (χ1) is 11.9. The van der Waals surface area contributed by atoms with Crippen LogP contribution in [0.2, 0.25) is 0 Å². The molecular weight excluding hydrogens is 340 g/mol. The molecule has 1 fully saturated rings. The van der Waals surface area contributed by atoms with E-state index in [9.17, 15) is 18.5 Å². The van der Waals surface area contributed by atoms with Gasteiger partial charge in [0.2, 0.25) is 0 Å². The lowest BCUT2D eigenvalue weighted by Gasteiger charge is -2.23. The Labute approximate surface area is 146 Å². The van der Waals surface area contributed by atoms with E-state index in [-0.39, 0.29) is 23.2 Å². The van der Waals surface area contributed by atoms with E-state index in [2.05, 4.69) is 5.32 Å². The highest BCUT2D eigenvalue weighted by Crippen LogP contribution is 2.30. The Morgan fingerprint density at radius 3 is 2.84 bits per heavy atom. The zero-order chi connectivity index (χ0) is 18.0. The molecule has 3 rings (SSSR count). The quantitative estimate of drug-likeness (QED) is 0.654. The van der Waals surface area contributed by atoms with Crippen molar-refractivity contribution in [3.8, 4) is 11.8 Å². The minimum Gasteiger partial charge on any atom is -0.485 e. The van der Waals surface area contributed by atoms with E-state index >= 15 is 0 Å². The maximum Gasteiger partial charge on any atom is 0.262 e. The largest absolute Gasteiger partial charge is 0.485 e. The van der Waals surface area contributed by atoms with Crippen LogP contribution in [0.15, 0.2) is 41.5 Å². The van der Waals surface area contributed by atoms with Crippen molar-refractivity contribution in [2.45, 2.75) is 25.5 Å². The summed E-state index contributed by atoms with van der Waals surface area (Å²) >= 11 is 0. The number of amides is 1. The number of sulfone groups is 1. The number of hydrogen-bond donors (Lipinski definition) is 1. The fourth-order valence-electron chi connectivity index (χ4n) is 2.91. The highest BCUT2D eigenvalue weighted by Gasteiger charge is 2.29. The molecule has 0 radical (unpaired) electrons. The number of nitrogens with zero attached hydrogens (tertiary/aromatic N) is 1. The fourth-order valence-corrected chi connectivity index (χ4v) is 4.58. The van der Waals surface area contributed by atoms with Gasteiger partial charge in [0.1, 0.15) is 23.5 Å². The normalized spacial score (nSPS) is 24.5. The average Bonchev–Trinajstić information content (AvgIpc) is 2.91. The minimum absolute atomic E-state index is 0.0645. The predicted molar refractivity (Wildman–Crippen MR) is 93.4 cm³/mol. The average molecular weight is 358 g/mol. The third-order valence-corrected chi connectivity index (χ3v) is 6.03. The number of carbonyl (C=O) groups excluding carboxylic acids is 1. The van der Waals surface area contributed by atoms with E-state index in [0.717, 1.165) is 11.3 Å². The monoisotopic (exact) mass is 358 g/mol. The first-order valence-corrected chi connectivity index (χ1v) is 9.80. The molecule has 6 nitrogen and oxygen atoms in total. The topological polar surface area (TPSA) is 96.3 Å². The molecule has 25 heavy (non-hydrogen) atoms. The van der Waals surface area contributed by atoms with E-state index in [1.807, 2.05) is 43.3 Å². The Balaban J connectivity index is 1.80. The van der Waals surface area contributed by atoms with E-state index < -0.39 is 21.8 Å². The Hall–Kier alpha value is -2.59. The van der Waals surface area contributed by atoms with Crippen LogP contribution in [0.3, 0.4) is 0 Å². The van der Waals surface area contributed by atoms with Crippen molar-refractivity contribution in [3.05, 3.63) is 47.1 Å². The molecule has 1 aromatic rings. The molecule has 7 heteroatoms. The van der Waals surface area contributed by atoms with Crippen molar-refractivity contribution in [1.82, 2.24) is 5.32 Å². The van der Waals surface area contributed by atoms with Crippen LogP contribution in [0.25, 0.3) is 6.08 Å². The molecular formula is C18H18N2O4S. The van der Waals surface area contributed by atoms with Gasteiger partial charge in [0, 0.05) is 11.6 Å². The SMILES string of the molecule is CC1Oc2ccccc2C=C1/C=C(\C#N)C(=O)NC1CCS(=O)(=O)C1. The molecule has 2 heterocycles. The summed E-state index contributed by atoms with van der Waals surface area (Å²) in [5, 5.41) is 12.0. The molecule has 0 bridgehead atoms. The number of fused-ring (bicyclic) bond motifs is 1. The highest BCUT2D eigenvalue weighted by molar-refractivity contribution is 7.91. The minimum atomic E-state index is -3.09. The van der Waals surface area contributed by atoms with Crippen LogP contribution in [0.5, 0.6) is 5.75 Å². The van der Waals surface area contributed by atoms with E-state index in [1.165, 1.54) is 6.08 Å². The second-order valence-corrected chi connectivity index (χ2v) is 8.41. The number of nitrogens with one attached hydrogen (secondary N) is 1. The molecule has 2 aliphatic heterocycles. The fraction of sp³-hybridized carbons (Fsp3) is 0.333. The number of carbonyl (C=O) groups is 1. The summed E-state index contributed by atoms with van der Waals surface area (Å²) in [5.41, 5.74) is 1.53. The molecule has 1 amide bonds. The molecule has 1 N–H and O–H groups in total. The zero-order valence-corrected chi connectivity index (χ0v) is 14.5. The third kappa shape index (κ3) is 3.91. The van der Waals surface area contributed by atoms with Crippen LogP contribution in [-0.4, -0.2) is 38.0 Å². The van der Waals surface area contributed by atoms with Gasteiger partial charge in [-0.15, -0.1) is 0 Å². The summed E-state index contributed by atoms with van der Waals surface area (Å²) in [4.78, 5) is 12.3. The number of ether oxygens (including phenoxy) is 1. The lowest BCUT2D eigenvalue weighted by molar-refractivity contribution is -0.117. The third-order valence-electron chi connectivity index (χ3n) is 4.26. The molecule has 0 saturated carbocycles. The van der Waals surface area contributed by atoms with Gasteiger partial charge in [0.05, 0.1) is 11.5 Å². The van der Waals surface area contributed by atoms with Crippen LogP contribution in [-0.2, 0) is 14.6 Å². The van der Waals surface area contributed by atoms with Crippen molar-refractivity contribution in [2.75, 3.05) is 11.5 Å². The van der Waals surface area contributed by atoms with Crippen molar-refractivity contribution >= 4 is 21.8 Å². The highest BCUT2D eigenvalue weighted by atomic mass is 32.2. The molecule has 130 valence electrons. The molecule has 0 aliphatic carbocycles. The Morgan fingerprint density at radius 2 is 2.16 bits per heavy atom. The summed E-state index contributed by atoms with van der Waals surface area (Å²) in [6.07, 6.45) is 3.47. The maximum atomic E-state index is 12.3. The lowest BCUT2D eigenvalue weighted by Crippen LogP contribution is -2.36. The standard InChI is InChI=1S/C18H18N2O4S/c1-12-14(8-13-4-2-3-5-17(13)24-12)9-15(10-19)18(21)20-16-6-7-25(22,23)11-16/h2-5,8-9,12,16H,6-7,11H2,1H3,(H,20,21)/b15-9+. The van der Waals surface area contributed by atoms with E-state index in [4.69, 9.17) is 4.74 Å². The van der Waals surface area contributed by atoms with Gasteiger partial charge in [-0.1, -0.05) is 18.2 Å². The maximum absolute atomic E-state index is 12.3. The summed E-state index contributed by atoms with van der Waals surface area (Å²) in [5.74, 6) is 0.187. The van der Waals surface area contributed by atoms with Crippen LogP contribution in [0.4, 0.5) is 0 Å². The molecule has 1 aromatic carbocycles. The van der Waals surface area contributed by atoms with Crippen LogP contribution in [0.1, 0.15) is 18.9 Å². The van der Waals surface area contributed by atoms with Gasteiger partial charge in [-0.3, -0.25) is 4.79 Å². The molecule has 0 spiro atoms. The lowest BCUT2D eigenvalue weighted by atomic mass is 10.00. The van der Waals surface area contributed by atoms with Gasteiger partial charge < -0.3 is 10.1 Å². The van der Waals surface area contributed by atoms with Gasteiger partial charge in [-0.05, 0) is 37.1 Å². The Kier molecular flexibility index (Phi) is 4.64. The Morgan fingerprint density at radius 1 is 1.40 bits per heavy atom. The molecule has 2 atom stereocenters.